The summed E-state index contributed by atoms with van der Waals surface area (Å²) in [4.78, 5) is 0. The van der Waals surface area contributed by atoms with Crippen molar-refractivity contribution < 1.29 is 0 Å². The van der Waals surface area contributed by atoms with Gasteiger partial charge in [0, 0.05) is 16.7 Å². The highest BCUT2D eigenvalue weighted by molar-refractivity contribution is 9.10. The number of halogens is 1. The molecule has 2 nitrogen and oxygen atoms in total. The fourth-order valence-electron chi connectivity index (χ4n) is 0.974. The van der Waals surface area contributed by atoms with E-state index in [4.69, 9.17) is 5.26 Å². The van der Waals surface area contributed by atoms with E-state index in [-0.39, 0.29) is 0 Å². The SMILES string of the molecule is C=C(C)CNc1ccc(C#N)cc1Br. The molecule has 0 unspecified atom stereocenters. The van der Waals surface area contributed by atoms with Crippen LogP contribution in [0, 0.1) is 11.3 Å². The van der Waals surface area contributed by atoms with Crippen LogP contribution in [0.1, 0.15) is 12.5 Å². The number of nitrogens with zero attached hydrogens (tertiary/aromatic N) is 1. The molecule has 3 heteroatoms. The molecule has 1 aromatic rings. The topological polar surface area (TPSA) is 35.8 Å². The third kappa shape index (κ3) is 2.90. The number of hydrogen-bond donors (Lipinski definition) is 1. The Bertz CT molecular complexity index is 391. The molecule has 0 saturated carbocycles. The summed E-state index contributed by atoms with van der Waals surface area (Å²) in [6.45, 7) is 6.51. The van der Waals surface area contributed by atoms with Gasteiger partial charge in [0.15, 0.2) is 0 Å². The first-order valence-electron chi connectivity index (χ1n) is 4.21. The summed E-state index contributed by atoms with van der Waals surface area (Å²) in [5, 5.41) is 11.9. The fourth-order valence-corrected chi connectivity index (χ4v) is 1.49. The summed E-state index contributed by atoms with van der Waals surface area (Å²) in [6, 6.07) is 7.54. The Morgan fingerprint density at radius 3 is 2.86 bits per heavy atom. The van der Waals surface area contributed by atoms with Crippen LogP contribution in [-0.4, -0.2) is 6.54 Å². The molecule has 1 aromatic carbocycles. The fraction of sp³-hybridized carbons (Fsp3) is 0.182. The minimum Gasteiger partial charge on any atom is -0.380 e. The van der Waals surface area contributed by atoms with E-state index in [0.717, 1.165) is 22.3 Å². The van der Waals surface area contributed by atoms with E-state index >= 15 is 0 Å². The summed E-state index contributed by atoms with van der Waals surface area (Å²) in [6.07, 6.45) is 0. The van der Waals surface area contributed by atoms with Crippen LogP contribution in [0.15, 0.2) is 34.8 Å². The summed E-state index contributed by atoms with van der Waals surface area (Å²) in [5.74, 6) is 0. The second kappa shape index (κ2) is 4.83. The van der Waals surface area contributed by atoms with E-state index in [1.807, 2.05) is 13.0 Å². The van der Waals surface area contributed by atoms with Gasteiger partial charge in [0.2, 0.25) is 0 Å². The van der Waals surface area contributed by atoms with Gasteiger partial charge in [-0.1, -0.05) is 12.2 Å². The lowest BCUT2D eigenvalue weighted by atomic mass is 10.2. The van der Waals surface area contributed by atoms with Crippen molar-refractivity contribution in [2.75, 3.05) is 11.9 Å². The second-order valence-electron chi connectivity index (χ2n) is 3.12. The van der Waals surface area contributed by atoms with Crippen molar-refractivity contribution in [3.63, 3.8) is 0 Å². The molecule has 0 saturated heterocycles. The van der Waals surface area contributed by atoms with Crippen LogP contribution in [0.5, 0.6) is 0 Å². The molecule has 14 heavy (non-hydrogen) atoms. The monoisotopic (exact) mass is 250 g/mol. The normalized spacial score (nSPS) is 9.21. The van der Waals surface area contributed by atoms with Gasteiger partial charge >= 0.3 is 0 Å². The predicted octanol–water partition coefficient (Wildman–Crippen LogP) is 3.31. The molecule has 0 aliphatic heterocycles. The van der Waals surface area contributed by atoms with Crippen LogP contribution >= 0.6 is 15.9 Å². The highest BCUT2D eigenvalue weighted by Gasteiger charge is 1.99. The predicted molar refractivity (Wildman–Crippen MR) is 62.2 cm³/mol. The zero-order chi connectivity index (χ0) is 10.6. The lowest BCUT2D eigenvalue weighted by molar-refractivity contribution is 1.21. The van der Waals surface area contributed by atoms with E-state index in [2.05, 4.69) is 33.9 Å². The minimum absolute atomic E-state index is 0.651. The number of rotatable bonds is 3. The maximum Gasteiger partial charge on any atom is 0.0992 e. The largest absolute Gasteiger partial charge is 0.380 e. The molecular formula is C11H11BrN2. The lowest BCUT2D eigenvalue weighted by Gasteiger charge is -2.07. The molecule has 0 atom stereocenters. The smallest absolute Gasteiger partial charge is 0.0992 e. The molecule has 1 rings (SSSR count). The van der Waals surface area contributed by atoms with Gasteiger partial charge < -0.3 is 5.32 Å². The van der Waals surface area contributed by atoms with Crippen molar-refractivity contribution in [3.8, 4) is 6.07 Å². The summed E-state index contributed by atoms with van der Waals surface area (Å²) in [5.41, 5.74) is 2.70. The Kier molecular flexibility index (Phi) is 3.73. The quantitative estimate of drug-likeness (QED) is 0.836. The van der Waals surface area contributed by atoms with Gasteiger partial charge in [0.1, 0.15) is 0 Å². The van der Waals surface area contributed by atoms with Crippen molar-refractivity contribution in [1.29, 1.82) is 5.26 Å². The van der Waals surface area contributed by atoms with E-state index in [9.17, 15) is 0 Å². The van der Waals surface area contributed by atoms with E-state index in [0.29, 0.717) is 5.56 Å². The Morgan fingerprint density at radius 2 is 2.36 bits per heavy atom. The number of nitrogens with one attached hydrogen (secondary N) is 1. The zero-order valence-corrected chi connectivity index (χ0v) is 9.56. The van der Waals surface area contributed by atoms with Crippen LogP contribution < -0.4 is 5.32 Å². The number of hydrogen-bond acceptors (Lipinski definition) is 2. The van der Waals surface area contributed by atoms with Gasteiger partial charge in [-0.2, -0.15) is 5.26 Å². The lowest BCUT2D eigenvalue weighted by Crippen LogP contribution is -2.02. The minimum atomic E-state index is 0.651. The van der Waals surface area contributed by atoms with E-state index in [1.54, 1.807) is 12.1 Å². The molecule has 0 radical (unpaired) electrons. The van der Waals surface area contributed by atoms with Crippen LogP contribution in [-0.2, 0) is 0 Å². The summed E-state index contributed by atoms with van der Waals surface area (Å²) < 4.78 is 0.901. The standard InChI is InChI=1S/C11H11BrN2/c1-8(2)7-14-11-4-3-9(6-13)5-10(11)12/h3-5,14H,1,7H2,2H3. The molecule has 1 N–H and O–H groups in total. The first-order chi connectivity index (χ1) is 6.63. The third-order valence-electron chi connectivity index (χ3n) is 1.68. The zero-order valence-electron chi connectivity index (χ0n) is 7.97. The molecule has 0 fully saturated rings. The van der Waals surface area contributed by atoms with Crippen LogP contribution in [0.3, 0.4) is 0 Å². The maximum absolute atomic E-state index is 8.67. The molecular weight excluding hydrogens is 240 g/mol. The summed E-state index contributed by atoms with van der Waals surface area (Å²) >= 11 is 3.39. The van der Waals surface area contributed by atoms with Gasteiger partial charge in [0.05, 0.1) is 11.6 Å². The maximum atomic E-state index is 8.67. The van der Waals surface area contributed by atoms with Gasteiger partial charge in [-0.25, -0.2) is 0 Å². The third-order valence-corrected chi connectivity index (χ3v) is 2.33. The number of nitriles is 1. The molecule has 0 amide bonds. The Morgan fingerprint density at radius 1 is 1.64 bits per heavy atom. The highest BCUT2D eigenvalue weighted by atomic mass is 79.9. The van der Waals surface area contributed by atoms with Gasteiger partial charge in [-0.05, 0) is 41.1 Å². The number of anilines is 1. The average molecular weight is 251 g/mol. The van der Waals surface area contributed by atoms with Crippen LogP contribution in [0.25, 0.3) is 0 Å². The van der Waals surface area contributed by atoms with Crippen LogP contribution in [0.4, 0.5) is 5.69 Å². The summed E-state index contributed by atoms with van der Waals surface area (Å²) in [7, 11) is 0. The van der Waals surface area contributed by atoms with E-state index < -0.39 is 0 Å². The first-order valence-corrected chi connectivity index (χ1v) is 5.00. The van der Waals surface area contributed by atoms with Gasteiger partial charge in [-0.3, -0.25) is 0 Å². The van der Waals surface area contributed by atoms with Crippen molar-refractivity contribution in [1.82, 2.24) is 0 Å². The van der Waals surface area contributed by atoms with Crippen molar-refractivity contribution in [2.45, 2.75) is 6.92 Å². The molecule has 72 valence electrons. The van der Waals surface area contributed by atoms with Crippen molar-refractivity contribution in [3.05, 3.63) is 40.4 Å². The Labute approximate surface area is 92.4 Å². The van der Waals surface area contributed by atoms with Crippen molar-refractivity contribution >= 4 is 21.6 Å². The molecule has 0 aliphatic carbocycles. The number of benzene rings is 1. The Balaban J connectivity index is 2.80. The molecule has 0 aromatic heterocycles. The first kappa shape index (κ1) is 10.8. The van der Waals surface area contributed by atoms with Crippen LogP contribution in [0.2, 0.25) is 0 Å². The average Bonchev–Trinajstić information content (AvgIpc) is 2.15. The van der Waals surface area contributed by atoms with Crippen molar-refractivity contribution in [2.24, 2.45) is 0 Å². The molecule has 0 aliphatic rings. The van der Waals surface area contributed by atoms with Gasteiger partial charge in [0.25, 0.3) is 0 Å². The van der Waals surface area contributed by atoms with Gasteiger partial charge in [-0.15, -0.1) is 0 Å². The Hall–Kier alpha value is -1.27. The van der Waals surface area contributed by atoms with E-state index in [1.165, 1.54) is 0 Å². The molecule has 0 spiro atoms. The second-order valence-corrected chi connectivity index (χ2v) is 3.97. The highest BCUT2D eigenvalue weighted by Crippen LogP contribution is 2.23. The molecule has 0 heterocycles. The molecule has 0 bridgehead atoms.